The summed E-state index contributed by atoms with van der Waals surface area (Å²) in [7, 11) is 1.90. The molecule has 0 atom stereocenters. The highest BCUT2D eigenvalue weighted by Crippen LogP contribution is 2.20. The number of benzene rings is 1. The van der Waals surface area contributed by atoms with Crippen LogP contribution in [-0.2, 0) is 7.05 Å². The maximum atomic E-state index is 12.3. The van der Waals surface area contributed by atoms with Gasteiger partial charge in [-0.05, 0) is 44.1 Å². The van der Waals surface area contributed by atoms with Crippen molar-refractivity contribution in [1.82, 2.24) is 9.47 Å². The van der Waals surface area contributed by atoms with Crippen LogP contribution in [0.3, 0.4) is 0 Å². The average Bonchev–Trinajstić information content (AvgIpc) is 2.73. The molecular formula is C15H21ClN4O. The summed E-state index contributed by atoms with van der Waals surface area (Å²) < 4.78 is 2.81. The first-order valence-corrected chi connectivity index (χ1v) is 7.88. The topological polar surface area (TPSA) is 47.1 Å². The first-order chi connectivity index (χ1) is 10.2. The lowest BCUT2D eigenvalue weighted by Crippen LogP contribution is -2.36. The van der Waals surface area contributed by atoms with Crippen LogP contribution in [0.4, 0.5) is 5.95 Å². The van der Waals surface area contributed by atoms with Crippen molar-refractivity contribution in [2.75, 3.05) is 31.5 Å². The van der Waals surface area contributed by atoms with Crippen molar-refractivity contribution < 1.29 is 4.73 Å². The predicted molar refractivity (Wildman–Crippen MR) is 85.7 cm³/mol. The molecule has 0 aliphatic carbocycles. The number of piperidine rings is 1. The number of imidazole rings is 1. The fraction of sp³-hybridized carbons (Fsp3) is 0.533. The zero-order valence-electron chi connectivity index (χ0n) is 12.3. The second-order valence-corrected chi connectivity index (χ2v) is 6.08. The Kier molecular flexibility index (Phi) is 4.22. The van der Waals surface area contributed by atoms with Crippen LogP contribution >= 0.6 is 11.6 Å². The lowest BCUT2D eigenvalue weighted by Gasteiger charge is -2.25. The third-order valence-electron chi connectivity index (χ3n) is 4.19. The Morgan fingerprint density at radius 2 is 2.05 bits per heavy atom. The molecule has 6 heteroatoms. The molecule has 5 nitrogen and oxygen atoms in total. The van der Waals surface area contributed by atoms with Gasteiger partial charge >= 0.3 is 5.95 Å². The molecule has 0 unspecified atom stereocenters. The molecule has 2 heterocycles. The molecule has 1 fully saturated rings. The lowest BCUT2D eigenvalue weighted by molar-refractivity contribution is -0.562. The van der Waals surface area contributed by atoms with E-state index in [0.29, 0.717) is 16.5 Å². The zero-order chi connectivity index (χ0) is 14.8. The van der Waals surface area contributed by atoms with Crippen molar-refractivity contribution in [1.29, 1.82) is 0 Å². The van der Waals surface area contributed by atoms with Crippen molar-refractivity contribution in [2.45, 2.75) is 19.3 Å². The summed E-state index contributed by atoms with van der Waals surface area (Å²) in [5.74, 6) is 0.573. The van der Waals surface area contributed by atoms with E-state index in [1.54, 1.807) is 12.1 Å². The van der Waals surface area contributed by atoms with E-state index in [1.807, 2.05) is 17.7 Å². The van der Waals surface area contributed by atoms with Gasteiger partial charge in [-0.3, -0.25) is 5.32 Å². The van der Waals surface area contributed by atoms with Crippen LogP contribution in [0.5, 0.6) is 0 Å². The Morgan fingerprint density at radius 1 is 1.29 bits per heavy atom. The number of fused-ring (bicyclic) bond motifs is 1. The van der Waals surface area contributed by atoms with Crippen LogP contribution in [0.2, 0.25) is 5.02 Å². The Labute approximate surface area is 129 Å². The fourth-order valence-corrected chi connectivity index (χ4v) is 3.17. The Bertz CT molecular complexity index is 634. The summed E-state index contributed by atoms with van der Waals surface area (Å²) in [5, 5.41) is 16.2. The monoisotopic (exact) mass is 308 g/mol. The lowest BCUT2D eigenvalue weighted by atomic mass is 10.1. The van der Waals surface area contributed by atoms with Gasteiger partial charge in [0.2, 0.25) is 0 Å². The number of aromatic nitrogens is 2. The second-order valence-electron chi connectivity index (χ2n) is 5.64. The van der Waals surface area contributed by atoms with Crippen molar-refractivity contribution in [3.63, 3.8) is 0 Å². The summed E-state index contributed by atoms with van der Waals surface area (Å²) in [4.78, 5) is 2.45. The second kappa shape index (κ2) is 6.12. The van der Waals surface area contributed by atoms with Crippen LogP contribution in [0.25, 0.3) is 11.0 Å². The molecule has 1 saturated heterocycles. The minimum atomic E-state index is 0.573. The van der Waals surface area contributed by atoms with Crippen LogP contribution in [0, 0.1) is 5.21 Å². The number of likely N-dealkylation sites (tertiary alicyclic amines) is 1. The van der Waals surface area contributed by atoms with Crippen LogP contribution in [0.15, 0.2) is 18.2 Å². The smallest absolute Gasteiger partial charge is 0.358 e. The molecule has 0 amide bonds. The molecule has 0 saturated carbocycles. The minimum Gasteiger partial charge on any atom is -0.740 e. The van der Waals surface area contributed by atoms with Gasteiger partial charge < -0.3 is 10.1 Å². The molecule has 1 aliphatic heterocycles. The number of halogens is 1. The summed E-state index contributed by atoms with van der Waals surface area (Å²) in [6.07, 6.45) is 3.91. The van der Waals surface area contributed by atoms with Crippen molar-refractivity contribution in [3.05, 3.63) is 28.4 Å². The maximum Gasteiger partial charge on any atom is 0.358 e. The predicted octanol–water partition coefficient (Wildman–Crippen LogP) is 2.36. The van der Waals surface area contributed by atoms with Gasteiger partial charge in [-0.2, -0.15) is 0 Å². The molecule has 1 aromatic carbocycles. The molecule has 0 bridgehead atoms. The molecule has 0 radical (unpaired) electrons. The van der Waals surface area contributed by atoms with E-state index in [1.165, 1.54) is 32.4 Å². The highest BCUT2D eigenvalue weighted by atomic mass is 35.5. The first kappa shape index (κ1) is 14.5. The average molecular weight is 309 g/mol. The van der Waals surface area contributed by atoms with Crippen LogP contribution < -0.4 is 10.0 Å². The normalized spacial score (nSPS) is 16.5. The third-order valence-corrected chi connectivity index (χ3v) is 4.42. The Hall–Kier alpha value is -1.46. The van der Waals surface area contributed by atoms with E-state index < -0.39 is 0 Å². The van der Waals surface area contributed by atoms with Gasteiger partial charge in [-0.25, -0.2) is 9.30 Å². The largest absolute Gasteiger partial charge is 0.740 e. The van der Waals surface area contributed by atoms with Crippen molar-refractivity contribution in [2.24, 2.45) is 7.05 Å². The molecule has 3 rings (SSSR count). The number of nitrogens with zero attached hydrogens (tertiary/aromatic N) is 3. The van der Waals surface area contributed by atoms with E-state index in [9.17, 15) is 5.21 Å². The number of rotatable bonds is 4. The standard InChI is InChI=1S/C15H21ClN4O/c1-18-13-6-5-12(16)11-14(13)20(21)15(18)17-7-10-19-8-3-2-4-9-19/h5-6,11,17H,2-4,7-10H2,1H3. The van der Waals surface area contributed by atoms with Crippen LogP contribution in [-0.4, -0.2) is 35.6 Å². The number of nitrogens with one attached hydrogen (secondary N) is 1. The molecule has 1 aliphatic rings. The summed E-state index contributed by atoms with van der Waals surface area (Å²) >= 11 is 5.97. The highest BCUT2D eigenvalue weighted by molar-refractivity contribution is 6.31. The van der Waals surface area contributed by atoms with Gasteiger partial charge in [-0.1, -0.05) is 18.0 Å². The molecule has 1 N–H and O–H groups in total. The summed E-state index contributed by atoms with van der Waals surface area (Å²) in [5.41, 5.74) is 1.49. The van der Waals surface area contributed by atoms with Crippen molar-refractivity contribution >= 4 is 28.6 Å². The summed E-state index contributed by atoms with van der Waals surface area (Å²) in [6.45, 7) is 4.09. The van der Waals surface area contributed by atoms with E-state index in [2.05, 4.69) is 10.2 Å². The fourth-order valence-electron chi connectivity index (χ4n) is 3.01. The number of hydrogen-bond donors (Lipinski definition) is 1. The van der Waals surface area contributed by atoms with E-state index >= 15 is 0 Å². The quantitative estimate of drug-likeness (QED) is 0.697. The SMILES string of the molecule is Cn1c(NCCN2CCCCC2)[n+]([O-])c2cc(Cl)ccc21. The van der Waals surface area contributed by atoms with Gasteiger partial charge in [-0.15, -0.1) is 0 Å². The molecule has 0 spiro atoms. The highest BCUT2D eigenvalue weighted by Gasteiger charge is 2.17. The van der Waals surface area contributed by atoms with E-state index in [0.717, 1.165) is 23.3 Å². The zero-order valence-corrected chi connectivity index (χ0v) is 13.1. The third kappa shape index (κ3) is 2.94. The number of aryl methyl sites for hydroxylation is 1. The van der Waals surface area contributed by atoms with Gasteiger partial charge in [0, 0.05) is 11.6 Å². The van der Waals surface area contributed by atoms with Gasteiger partial charge in [0.15, 0.2) is 0 Å². The maximum absolute atomic E-state index is 12.3. The molecule has 21 heavy (non-hydrogen) atoms. The van der Waals surface area contributed by atoms with Gasteiger partial charge in [0.25, 0.3) is 0 Å². The molecular weight excluding hydrogens is 288 g/mol. The number of anilines is 1. The first-order valence-electron chi connectivity index (χ1n) is 7.50. The molecule has 2 aromatic rings. The Morgan fingerprint density at radius 3 is 2.81 bits per heavy atom. The molecule has 114 valence electrons. The van der Waals surface area contributed by atoms with Crippen molar-refractivity contribution in [3.8, 4) is 0 Å². The summed E-state index contributed by atoms with van der Waals surface area (Å²) in [6, 6.07) is 5.39. The van der Waals surface area contributed by atoms with Gasteiger partial charge in [0.1, 0.15) is 11.0 Å². The van der Waals surface area contributed by atoms with E-state index in [4.69, 9.17) is 11.6 Å². The number of hydrogen-bond acceptors (Lipinski definition) is 3. The van der Waals surface area contributed by atoms with Crippen LogP contribution in [0.1, 0.15) is 19.3 Å². The van der Waals surface area contributed by atoms with Gasteiger partial charge in [0.05, 0.1) is 13.6 Å². The minimum absolute atomic E-state index is 0.573. The molecule has 1 aromatic heterocycles. The Balaban J connectivity index is 1.71. The van der Waals surface area contributed by atoms with E-state index in [-0.39, 0.29) is 0 Å².